The number of unbranched alkanes of at least 4 members (excludes halogenated alkanes) is 1. The highest BCUT2D eigenvalue weighted by Gasteiger charge is 2.81. The zero-order chi connectivity index (χ0) is 24.1. The van der Waals surface area contributed by atoms with E-state index in [-0.39, 0.29) is 29.1 Å². The maximum Gasteiger partial charge on any atom is 0.225 e. The molecule has 5 heteroatoms. The first-order chi connectivity index (χ1) is 16.3. The molecule has 2 saturated carbocycles. The second-order valence-electron chi connectivity index (χ2n) is 11.7. The second kappa shape index (κ2) is 8.51. The van der Waals surface area contributed by atoms with Crippen LogP contribution in [0.3, 0.4) is 0 Å². The normalized spacial score (nSPS) is 33.1. The molecule has 2 bridgehead atoms. The standard InChI is InChI=1S/C29H41N3O2/c1-20-7-8-22(21(2)19-20)11-13-29(26(31)34)24-10-9-23(27(24)14-15-27)28(29,25(30)33)12-3-4-16-32-17-5-6-18-32/h7-10,19,23-24H,3-6,11-18H2,1-2H3,(H2,30,33)(H2,31,34)/t23-,24+,28+,29+/m1/s1. The lowest BCUT2D eigenvalue weighted by atomic mass is 9.53. The van der Waals surface area contributed by atoms with Crippen molar-refractivity contribution in [1.29, 1.82) is 0 Å². The lowest BCUT2D eigenvalue weighted by molar-refractivity contribution is -0.152. The number of carbonyl (C=O) groups excluding carboxylic acids is 2. The number of aryl methyl sites for hydroxylation is 3. The molecular formula is C29H41N3O2. The minimum absolute atomic E-state index is 0.0152. The summed E-state index contributed by atoms with van der Waals surface area (Å²) >= 11 is 0. The Kier molecular flexibility index (Phi) is 5.91. The van der Waals surface area contributed by atoms with Gasteiger partial charge in [-0.05, 0) is 113 Å². The minimum atomic E-state index is -0.903. The minimum Gasteiger partial charge on any atom is -0.369 e. The van der Waals surface area contributed by atoms with Crippen LogP contribution < -0.4 is 11.5 Å². The van der Waals surface area contributed by atoms with E-state index in [0.29, 0.717) is 12.8 Å². The second-order valence-corrected chi connectivity index (χ2v) is 11.7. The molecule has 1 aliphatic heterocycles. The predicted molar refractivity (Wildman–Crippen MR) is 135 cm³/mol. The van der Waals surface area contributed by atoms with Gasteiger partial charge < -0.3 is 16.4 Å². The van der Waals surface area contributed by atoms with Gasteiger partial charge in [0.2, 0.25) is 11.8 Å². The van der Waals surface area contributed by atoms with E-state index in [0.717, 1.165) is 38.6 Å². The van der Waals surface area contributed by atoms with Crippen LogP contribution in [0, 0.1) is 41.9 Å². The summed E-state index contributed by atoms with van der Waals surface area (Å²) in [5.74, 6) is -0.560. The van der Waals surface area contributed by atoms with Crippen LogP contribution in [0.4, 0.5) is 0 Å². The number of nitrogens with zero attached hydrogens (tertiary/aromatic N) is 1. The van der Waals surface area contributed by atoms with Gasteiger partial charge in [0.05, 0.1) is 10.8 Å². The topological polar surface area (TPSA) is 89.4 Å². The molecule has 1 heterocycles. The molecule has 0 unspecified atom stereocenters. The fraction of sp³-hybridized carbons (Fsp3) is 0.655. The van der Waals surface area contributed by atoms with Crippen molar-refractivity contribution >= 4 is 11.8 Å². The Hall–Kier alpha value is -2.14. The summed E-state index contributed by atoms with van der Waals surface area (Å²) in [7, 11) is 0. The van der Waals surface area contributed by atoms with Crippen LogP contribution in [-0.4, -0.2) is 36.3 Å². The third kappa shape index (κ3) is 3.30. The zero-order valence-corrected chi connectivity index (χ0v) is 20.9. The van der Waals surface area contributed by atoms with Crippen LogP contribution in [0.2, 0.25) is 0 Å². The van der Waals surface area contributed by atoms with Gasteiger partial charge in [0.15, 0.2) is 0 Å². The van der Waals surface area contributed by atoms with Gasteiger partial charge in [0, 0.05) is 0 Å². The SMILES string of the molecule is Cc1ccc(CC[C@@]2(C(N)=O)[C@H]3C=C[C@H](C34CC4)[C@@]2(CCCCN2CCCC2)C(N)=O)c(C)c1. The van der Waals surface area contributed by atoms with Gasteiger partial charge in [-0.25, -0.2) is 0 Å². The Labute approximate surface area is 204 Å². The summed E-state index contributed by atoms with van der Waals surface area (Å²) in [5.41, 5.74) is 14.6. The fourth-order valence-corrected chi connectivity index (χ4v) is 8.38. The third-order valence-corrected chi connectivity index (χ3v) is 10.1. The quantitative estimate of drug-likeness (QED) is 0.405. The van der Waals surface area contributed by atoms with E-state index < -0.39 is 10.8 Å². The predicted octanol–water partition coefficient (Wildman–Crippen LogP) is 4.04. The summed E-state index contributed by atoms with van der Waals surface area (Å²) in [6.07, 6.45) is 13.1. The number of carbonyl (C=O) groups is 2. The average molecular weight is 464 g/mol. The number of hydrogen-bond acceptors (Lipinski definition) is 3. The monoisotopic (exact) mass is 463 g/mol. The maximum atomic E-state index is 13.5. The first kappa shape index (κ1) is 23.6. The molecule has 4 aliphatic rings. The number of nitrogens with two attached hydrogens (primary N) is 2. The summed E-state index contributed by atoms with van der Waals surface area (Å²) in [5, 5.41) is 0. The van der Waals surface area contributed by atoms with E-state index >= 15 is 0 Å². The molecule has 1 spiro atoms. The molecule has 34 heavy (non-hydrogen) atoms. The molecule has 5 rings (SSSR count). The number of rotatable bonds is 10. The highest BCUT2D eigenvalue weighted by molar-refractivity contribution is 5.95. The van der Waals surface area contributed by atoms with Crippen molar-refractivity contribution in [3.8, 4) is 0 Å². The molecule has 0 aromatic heterocycles. The molecular weight excluding hydrogens is 422 g/mol. The Bertz CT molecular complexity index is 1010. The van der Waals surface area contributed by atoms with Crippen LogP contribution in [0.5, 0.6) is 0 Å². The van der Waals surface area contributed by atoms with E-state index in [4.69, 9.17) is 11.5 Å². The summed E-state index contributed by atoms with van der Waals surface area (Å²) in [6.45, 7) is 7.65. The molecule has 0 radical (unpaired) electrons. The van der Waals surface area contributed by atoms with Gasteiger partial charge in [-0.3, -0.25) is 9.59 Å². The summed E-state index contributed by atoms with van der Waals surface area (Å²) in [6, 6.07) is 6.48. The molecule has 5 nitrogen and oxygen atoms in total. The summed E-state index contributed by atoms with van der Waals surface area (Å²) < 4.78 is 0. The Morgan fingerprint density at radius 3 is 2.12 bits per heavy atom. The van der Waals surface area contributed by atoms with Crippen molar-refractivity contribution in [3.63, 3.8) is 0 Å². The van der Waals surface area contributed by atoms with Crippen LogP contribution in [0.1, 0.15) is 68.1 Å². The Balaban J connectivity index is 1.47. The van der Waals surface area contributed by atoms with Crippen molar-refractivity contribution in [1.82, 2.24) is 4.90 Å². The van der Waals surface area contributed by atoms with Gasteiger partial charge in [-0.1, -0.05) is 42.3 Å². The highest BCUT2D eigenvalue weighted by atomic mass is 16.2. The molecule has 2 amide bonds. The summed E-state index contributed by atoms with van der Waals surface area (Å²) in [4.78, 5) is 29.5. The molecule has 4 atom stereocenters. The molecule has 1 aromatic carbocycles. The van der Waals surface area contributed by atoms with Crippen molar-refractivity contribution < 1.29 is 9.59 Å². The largest absolute Gasteiger partial charge is 0.369 e. The molecule has 3 fully saturated rings. The molecule has 4 N–H and O–H groups in total. The average Bonchev–Trinajstić information content (AvgIpc) is 3.16. The van der Waals surface area contributed by atoms with Gasteiger partial charge in [-0.15, -0.1) is 0 Å². The maximum absolute atomic E-state index is 13.5. The number of allylic oxidation sites excluding steroid dienone is 2. The first-order valence-electron chi connectivity index (χ1n) is 13.3. The van der Waals surface area contributed by atoms with Gasteiger partial charge in [-0.2, -0.15) is 0 Å². The van der Waals surface area contributed by atoms with Crippen LogP contribution >= 0.6 is 0 Å². The number of hydrogen-bond donors (Lipinski definition) is 2. The molecule has 1 aromatic rings. The van der Waals surface area contributed by atoms with E-state index in [1.54, 1.807) is 0 Å². The smallest absolute Gasteiger partial charge is 0.225 e. The third-order valence-electron chi connectivity index (χ3n) is 10.1. The van der Waals surface area contributed by atoms with E-state index in [1.807, 2.05) is 0 Å². The first-order valence-corrected chi connectivity index (χ1v) is 13.3. The molecule has 1 saturated heterocycles. The number of primary amides is 2. The molecule has 184 valence electrons. The van der Waals surface area contributed by atoms with Crippen LogP contribution in [-0.2, 0) is 16.0 Å². The van der Waals surface area contributed by atoms with Crippen molar-refractivity contribution in [2.24, 2.45) is 39.5 Å². The lowest BCUT2D eigenvalue weighted by Gasteiger charge is -2.48. The molecule has 3 aliphatic carbocycles. The van der Waals surface area contributed by atoms with E-state index in [9.17, 15) is 9.59 Å². The van der Waals surface area contributed by atoms with Crippen molar-refractivity contribution in [2.45, 2.75) is 71.6 Å². The van der Waals surface area contributed by atoms with Crippen molar-refractivity contribution in [2.75, 3.05) is 19.6 Å². The fourth-order valence-electron chi connectivity index (χ4n) is 8.38. The zero-order valence-electron chi connectivity index (χ0n) is 20.9. The Morgan fingerprint density at radius 1 is 0.941 bits per heavy atom. The Morgan fingerprint density at radius 2 is 1.56 bits per heavy atom. The van der Waals surface area contributed by atoms with Gasteiger partial charge in [0.25, 0.3) is 0 Å². The lowest BCUT2D eigenvalue weighted by Crippen LogP contribution is -2.59. The number of amides is 2. The van der Waals surface area contributed by atoms with E-state index in [2.05, 4.69) is 49.1 Å². The van der Waals surface area contributed by atoms with Crippen LogP contribution in [0.15, 0.2) is 30.4 Å². The van der Waals surface area contributed by atoms with Gasteiger partial charge >= 0.3 is 0 Å². The highest BCUT2D eigenvalue weighted by Crippen LogP contribution is 2.81. The number of likely N-dealkylation sites (tertiary alicyclic amines) is 1. The van der Waals surface area contributed by atoms with E-state index in [1.165, 1.54) is 42.6 Å². The number of benzene rings is 1. The van der Waals surface area contributed by atoms with Gasteiger partial charge in [0.1, 0.15) is 0 Å². The van der Waals surface area contributed by atoms with Crippen molar-refractivity contribution in [3.05, 3.63) is 47.0 Å². The van der Waals surface area contributed by atoms with Crippen LogP contribution in [0.25, 0.3) is 0 Å².